The van der Waals surface area contributed by atoms with Gasteiger partial charge in [0.15, 0.2) is 0 Å². The van der Waals surface area contributed by atoms with Crippen molar-refractivity contribution in [2.45, 2.75) is 38.1 Å². The molecule has 4 nitrogen and oxygen atoms in total. The molecule has 1 aromatic heterocycles. The molecule has 1 amide bonds. The largest absolute Gasteiger partial charge is 0.372 e. The van der Waals surface area contributed by atoms with E-state index in [1.807, 2.05) is 11.9 Å². The summed E-state index contributed by atoms with van der Waals surface area (Å²) in [5.74, 6) is 0.600. The molecule has 0 aromatic carbocycles. The van der Waals surface area contributed by atoms with Gasteiger partial charge in [0.1, 0.15) is 5.82 Å². The van der Waals surface area contributed by atoms with Gasteiger partial charge < -0.3 is 10.2 Å². The summed E-state index contributed by atoms with van der Waals surface area (Å²) in [6.07, 6.45) is 7.47. The Balaban J connectivity index is 2.12. The van der Waals surface area contributed by atoms with Crippen LogP contribution < -0.4 is 5.32 Å². The Morgan fingerprint density at radius 2 is 2.11 bits per heavy atom. The minimum atomic E-state index is 0.00366. The second-order valence-electron chi connectivity index (χ2n) is 5.01. The Labute approximate surface area is 119 Å². The predicted molar refractivity (Wildman–Crippen MR) is 77.8 cm³/mol. The third-order valence-electron chi connectivity index (χ3n) is 3.77. The summed E-state index contributed by atoms with van der Waals surface area (Å²) in [4.78, 5) is 18.4. The molecule has 1 aliphatic rings. The summed E-state index contributed by atoms with van der Waals surface area (Å²) in [5.41, 5.74) is 0.553. The Morgan fingerprint density at radius 1 is 1.42 bits per heavy atom. The maximum atomic E-state index is 12.4. The molecule has 0 aliphatic heterocycles. The van der Waals surface area contributed by atoms with Crippen LogP contribution >= 0.6 is 11.6 Å². The zero-order valence-corrected chi connectivity index (χ0v) is 12.2. The quantitative estimate of drug-likeness (QED) is 0.925. The zero-order valence-electron chi connectivity index (χ0n) is 11.4. The van der Waals surface area contributed by atoms with E-state index in [1.54, 1.807) is 19.3 Å². The molecule has 19 heavy (non-hydrogen) atoms. The number of amides is 1. The topological polar surface area (TPSA) is 45.2 Å². The Morgan fingerprint density at radius 3 is 2.68 bits per heavy atom. The number of nitrogens with one attached hydrogen (secondary N) is 1. The van der Waals surface area contributed by atoms with Crippen LogP contribution in [0.4, 0.5) is 5.82 Å². The van der Waals surface area contributed by atoms with Gasteiger partial charge in [0.05, 0.1) is 10.6 Å². The average molecular weight is 282 g/mol. The second kappa shape index (κ2) is 6.24. The van der Waals surface area contributed by atoms with Crippen molar-refractivity contribution in [3.63, 3.8) is 0 Å². The molecule has 1 N–H and O–H groups in total. The SMILES string of the molecule is CNc1ncc(C(=O)N(C)C2CCCCC2)cc1Cl. The first-order chi connectivity index (χ1) is 9.13. The van der Waals surface area contributed by atoms with Gasteiger partial charge in [-0.3, -0.25) is 4.79 Å². The van der Waals surface area contributed by atoms with E-state index in [1.165, 1.54) is 19.3 Å². The molecule has 0 bridgehead atoms. The van der Waals surface area contributed by atoms with Crippen molar-refractivity contribution in [1.29, 1.82) is 0 Å². The van der Waals surface area contributed by atoms with Crippen LogP contribution in [-0.4, -0.2) is 35.9 Å². The van der Waals surface area contributed by atoms with E-state index in [9.17, 15) is 4.79 Å². The van der Waals surface area contributed by atoms with Crippen LogP contribution in [0.25, 0.3) is 0 Å². The Bertz CT molecular complexity index is 458. The number of anilines is 1. The molecular weight excluding hydrogens is 262 g/mol. The number of carbonyl (C=O) groups excluding carboxylic acids is 1. The van der Waals surface area contributed by atoms with Gasteiger partial charge in [0.2, 0.25) is 0 Å². The van der Waals surface area contributed by atoms with E-state index in [0.29, 0.717) is 22.4 Å². The molecule has 104 valence electrons. The highest BCUT2D eigenvalue weighted by molar-refractivity contribution is 6.33. The van der Waals surface area contributed by atoms with Crippen molar-refractivity contribution in [3.05, 3.63) is 22.8 Å². The number of carbonyl (C=O) groups is 1. The van der Waals surface area contributed by atoms with Gasteiger partial charge in [-0.1, -0.05) is 30.9 Å². The van der Waals surface area contributed by atoms with Gasteiger partial charge >= 0.3 is 0 Å². The Hall–Kier alpha value is -1.29. The second-order valence-corrected chi connectivity index (χ2v) is 5.42. The average Bonchev–Trinajstić information content (AvgIpc) is 2.46. The molecule has 1 heterocycles. The fourth-order valence-electron chi connectivity index (χ4n) is 2.58. The van der Waals surface area contributed by atoms with Gasteiger partial charge in [-0.25, -0.2) is 4.98 Å². The summed E-state index contributed by atoms with van der Waals surface area (Å²) >= 11 is 6.07. The number of pyridine rings is 1. The van der Waals surface area contributed by atoms with E-state index in [-0.39, 0.29) is 5.91 Å². The number of hydrogen-bond acceptors (Lipinski definition) is 3. The first-order valence-electron chi connectivity index (χ1n) is 6.74. The zero-order chi connectivity index (χ0) is 13.8. The lowest BCUT2D eigenvalue weighted by atomic mass is 9.94. The summed E-state index contributed by atoms with van der Waals surface area (Å²) in [5, 5.41) is 3.36. The molecule has 0 saturated heterocycles. The minimum absolute atomic E-state index is 0.00366. The molecule has 5 heteroatoms. The maximum absolute atomic E-state index is 12.4. The summed E-state index contributed by atoms with van der Waals surface area (Å²) in [6, 6.07) is 2.03. The monoisotopic (exact) mass is 281 g/mol. The number of hydrogen-bond donors (Lipinski definition) is 1. The molecule has 2 rings (SSSR count). The summed E-state index contributed by atoms with van der Waals surface area (Å²) < 4.78 is 0. The van der Waals surface area contributed by atoms with Gasteiger partial charge in [-0.2, -0.15) is 0 Å². The smallest absolute Gasteiger partial charge is 0.255 e. The molecule has 0 spiro atoms. The molecule has 0 atom stereocenters. The lowest BCUT2D eigenvalue weighted by molar-refractivity contribution is 0.0696. The van der Waals surface area contributed by atoms with Gasteiger partial charge in [0, 0.05) is 26.3 Å². The van der Waals surface area contributed by atoms with Crippen molar-refractivity contribution >= 4 is 23.3 Å². The number of halogens is 1. The molecule has 0 unspecified atom stereocenters. The van der Waals surface area contributed by atoms with Crippen molar-refractivity contribution in [2.75, 3.05) is 19.4 Å². The van der Waals surface area contributed by atoms with Crippen LogP contribution in [0.3, 0.4) is 0 Å². The lowest BCUT2D eigenvalue weighted by Crippen LogP contribution is -2.38. The van der Waals surface area contributed by atoms with E-state index < -0.39 is 0 Å². The molecule has 1 aliphatic carbocycles. The van der Waals surface area contributed by atoms with E-state index >= 15 is 0 Å². The van der Waals surface area contributed by atoms with Gasteiger partial charge in [-0.15, -0.1) is 0 Å². The number of rotatable bonds is 3. The maximum Gasteiger partial charge on any atom is 0.255 e. The van der Waals surface area contributed by atoms with Crippen molar-refractivity contribution in [2.24, 2.45) is 0 Å². The van der Waals surface area contributed by atoms with E-state index in [0.717, 1.165) is 12.8 Å². The summed E-state index contributed by atoms with van der Waals surface area (Å²) in [7, 11) is 3.63. The van der Waals surface area contributed by atoms with Crippen LogP contribution in [0.1, 0.15) is 42.5 Å². The van der Waals surface area contributed by atoms with E-state index in [4.69, 9.17) is 11.6 Å². The highest BCUT2D eigenvalue weighted by Crippen LogP contribution is 2.24. The first kappa shape index (κ1) is 14.1. The van der Waals surface area contributed by atoms with Crippen molar-refractivity contribution in [1.82, 2.24) is 9.88 Å². The molecule has 1 aromatic rings. The minimum Gasteiger partial charge on any atom is -0.372 e. The summed E-state index contributed by atoms with van der Waals surface area (Å²) in [6.45, 7) is 0. The first-order valence-corrected chi connectivity index (χ1v) is 7.11. The van der Waals surface area contributed by atoms with Crippen LogP contribution in [0.5, 0.6) is 0 Å². The van der Waals surface area contributed by atoms with E-state index in [2.05, 4.69) is 10.3 Å². The number of nitrogens with zero attached hydrogens (tertiary/aromatic N) is 2. The third-order valence-corrected chi connectivity index (χ3v) is 4.06. The van der Waals surface area contributed by atoms with Crippen LogP contribution in [-0.2, 0) is 0 Å². The predicted octanol–water partition coefficient (Wildman–Crippen LogP) is 3.18. The number of aromatic nitrogens is 1. The fraction of sp³-hybridized carbons (Fsp3) is 0.571. The standard InChI is InChI=1S/C14H20ClN3O/c1-16-13-12(15)8-10(9-17-13)14(19)18(2)11-6-4-3-5-7-11/h8-9,11H,3-7H2,1-2H3,(H,16,17). The van der Waals surface area contributed by atoms with Crippen LogP contribution in [0, 0.1) is 0 Å². The Kier molecular flexibility index (Phi) is 4.64. The molecule has 1 saturated carbocycles. The molecule has 0 radical (unpaired) electrons. The van der Waals surface area contributed by atoms with Gasteiger partial charge in [-0.05, 0) is 18.9 Å². The van der Waals surface area contributed by atoms with Crippen molar-refractivity contribution in [3.8, 4) is 0 Å². The lowest BCUT2D eigenvalue weighted by Gasteiger charge is -2.31. The highest BCUT2D eigenvalue weighted by atomic mass is 35.5. The third kappa shape index (κ3) is 3.18. The highest BCUT2D eigenvalue weighted by Gasteiger charge is 2.23. The fourth-order valence-corrected chi connectivity index (χ4v) is 2.84. The van der Waals surface area contributed by atoms with Crippen molar-refractivity contribution < 1.29 is 4.79 Å². The normalized spacial score (nSPS) is 16.2. The molecular formula is C14H20ClN3O. The molecule has 1 fully saturated rings. The van der Waals surface area contributed by atoms with Crippen LogP contribution in [0.15, 0.2) is 12.3 Å². The van der Waals surface area contributed by atoms with Gasteiger partial charge in [0.25, 0.3) is 5.91 Å². The van der Waals surface area contributed by atoms with Crippen LogP contribution in [0.2, 0.25) is 5.02 Å².